The van der Waals surface area contributed by atoms with Gasteiger partial charge in [0, 0.05) is 31.0 Å². The number of benzene rings is 3. The van der Waals surface area contributed by atoms with Crippen molar-refractivity contribution >= 4 is 41.0 Å². The molecule has 1 amide bonds. The Kier molecular flexibility index (Phi) is 10.2. The van der Waals surface area contributed by atoms with Crippen molar-refractivity contribution in [2.45, 2.75) is 43.4 Å². The molecule has 244 valence electrons. The maximum atomic E-state index is 13.9. The van der Waals surface area contributed by atoms with E-state index in [1.165, 1.54) is 21.1 Å². The molecular formula is C35H38Cl2N2O7. The highest BCUT2D eigenvalue weighted by atomic mass is 35.5. The summed E-state index contributed by atoms with van der Waals surface area (Å²) in [6, 6.07) is 18.2. The van der Waals surface area contributed by atoms with Crippen LogP contribution in [0.5, 0.6) is 17.2 Å². The first-order chi connectivity index (χ1) is 22.0. The lowest BCUT2D eigenvalue weighted by atomic mass is 9.72. The lowest BCUT2D eigenvalue weighted by Crippen LogP contribution is -2.48. The number of hydrogen-bond donors (Lipinski definition) is 1. The van der Waals surface area contributed by atoms with Crippen LogP contribution in [-0.4, -0.2) is 79.7 Å². The Morgan fingerprint density at radius 1 is 0.848 bits per heavy atom. The zero-order valence-electron chi connectivity index (χ0n) is 26.2. The van der Waals surface area contributed by atoms with Crippen LogP contribution >= 0.6 is 23.2 Å². The van der Waals surface area contributed by atoms with Gasteiger partial charge in [-0.05, 0) is 80.7 Å². The van der Waals surface area contributed by atoms with E-state index >= 15 is 0 Å². The van der Waals surface area contributed by atoms with Crippen LogP contribution in [0, 0.1) is 0 Å². The number of rotatable bonds is 10. The van der Waals surface area contributed by atoms with Crippen LogP contribution in [0.25, 0.3) is 0 Å². The van der Waals surface area contributed by atoms with E-state index in [4.69, 9.17) is 37.4 Å². The number of piperidine rings is 1. The van der Waals surface area contributed by atoms with Gasteiger partial charge in [-0.2, -0.15) is 0 Å². The number of methoxy groups -OCH3 is 2. The predicted octanol–water partition coefficient (Wildman–Crippen LogP) is 6.23. The highest BCUT2D eigenvalue weighted by Crippen LogP contribution is 2.43. The van der Waals surface area contributed by atoms with Crippen LogP contribution in [0.15, 0.2) is 60.7 Å². The Hall–Kier alpha value is -3.79. The minimum absolute atomic E-state index is 0.112. The Labute approximate surface area is 278 Å². The van der Waals surface area contributed by atoms with Crippen LogP contribution < -0.4 is 14.2 Å². The maximum absolute atomic E-state index is 13.9. The second-order valence-electron chi connectivity index (χ2n) is 12.0. The fourth-order valence-electron chi connectivity index (χ4n) is 6.80. The van der Waals surface area contributed by atoms with Gasteiger partial charge in [0.2, 0.25) is 5.75 Å². The molecule has 46 heavy (non-hydrogen) atoms. The van der Waals surface area contributed by atoms with Crippen LogP contribution in [0.4, 0.5) is 0 Å². The summed E-state index contributed by atoms with van der Waals surface area (Å²) in [7, 11) is 2.87. The molecule has 1 N–H and O–H groups in total. The number of esters is 1. The van der Waals surface area contributed by atoms with Crippen molar-refractivity contribution in [2.24, 2.45) is 0 Å². The van der Waals surface area contributed by atoms with E-state index < -0.39 is 22.8 Å². The van der Waals surface area contributed by atoms with E-state index in [0.717, 1.165) is 24.1 Å². The molecule has 0 radical (unpaired) electrons. The topological polar surface area (TPSA) is 106 Å². The Balaban J connectivity index is 1.37. The van der Waals surface area contributed by atoms with E-state index in [-0.39, 0.29) is 23.2 Å². The molecule has 9 nitrogen and oxygen atoms in total. The summed E-state index contributed by atoms with van der Waals surface area (Å²) in [4.78, 5) is 42.2. The molecule has 2 heterocycles. The van der Waals surface area contributed by atoms with Gasteiger partial charge < -0.3 is 29.1 Å². The summed E-state index contributed by atoms with van der Waals surface area (Å²) in [6.45, 7) is 4.25. The third-order valence-electron chi connectivity index (χ3n) is 9.48. The smallest absolute Gasteiger partial charge is 0.314 e. The average Bonchev–Trinajstić information content (AvgIpc) is 3.50. The first-order valence-corrected chi connectivity index (χ1v) is 16.0. The number of carboxylic acid groups (broad SMARTS) is 1. The minimum atomic E-state index is -0.900. The van der Waals surface area contributed by atoms with Crippen LogP contribution in [0.3, 0.4) is 0 Å². The fraction of sp³-hybridized carbons (Fsp3) is 0.400. The van der Waals surface area contributed by atoms with Crippen molar-refractivity contribution in [1.29, 1.82) is 0 Å². The van der Waals surface area contributed by atoms with Gasteiger partial charge >= 0.3 is 11.9 Å². The van der Waals surface area contributed by atoms with E-state index in [2.05, 4.69) is 4.90 Å². The molecule has 0 bridgehead atoms. The van der Waals surface area contributed by atoms with Gasteiger partial charge in [-0.3, -0.25) is 14.4 Å². The van der Waals surface area contributed by atoms with Gasteiger partial charge in [0.25, 0.3) is 5.91 Å². The summed E-state index contributed by atoms with van der Waals surface area (Å²) in [5, 5.41) is 11.2. The van der Waals surface area contributed by atoms with E-state index in [1.807, 2.05) is 47.4 Å². The van der Waals surface area contributed by atoms with E-state index in [9.17, 15) is 19.5 Å². The highest BCUT2D eigenvalue weighted by Gasteiger charge is 2.45. The third-order valence-corrected chi connectivity index (χ3v) is 10.2. The monoisotopic (exact) mass is 668 g/mol. The van der Waals surface area contributed by atoms with Gasteiger partial charge in [-0.25, -0.2) is 0 Å². The van der Waals surface area contributed by atoms with Crippen molar-refractivity contribution in [3.8, 4) is 17.2 Å². The molecule has 2 saturated heterocycles. The average molecular weight is 670 g/mol. The largest absolute Gasteiger partial charge is 0.493 e. The quantitative estimate of drug-likeness (QED) is 0.200. The van der Waals surface area contributed by atoms with Crippen LogP contribution in [0.2, 0.25) is 10.0 Å². The number of hydrogen-bond acceptors (Lipinski definition) is 7. The molecule has 0 spiro atoms. The van der Waals surface area contributed by atoms with Gasteiger partial charge in [0.1, 0.15) is 0 Å². The fourth-order valence-corrected chi connectivity index (χ4v) is 7.10. The first-order valence-electron chi connectivity index (χ1n) is 15.2. The number of ether oxygens (including phenoxy) is 3. The number of carboxylic acids is 1. The molecule has 1 unspecified atom stereocenters. The molecule has 0 aliphatic carbocycles. The summed E-state index contributed by atoms with van der Waals surface area (Å²) in [6.07, 6.45) is 2.47. The maximum Gasteiger partial charge on any atom is 0.314 e. The molecule has 0 saturated carbocycles. The van der Waals surface area contributed by atoms with Gasteiger partial charge in [0.05, 0.1) is 29.7 Å². The lowest BCUT2D eigenvalue weighted by molar-refractivity contribution is -0.146. The van der Waals surface area contributed by atoms with Crippen LogP contribution in [-0.2, 0) is 20.4 Å². The predicted molar refractivity (Wildman–Crippen MR) is 176 cm³/mol. The van der Waals surface area contributed by atoms with Gasteiger partial charge in [-0.1, -0.05) is 59.6 Å². The molecule has 11 heteroatoms. The molecule has 0 aromatic heterocycles. The number of carbonyl (C=O) groups is 3. The molecule has 2 aliphatic rings. The van der Waals surface area contributed by atoms with Crippen molar-refractivity contribution < 1.29 is 33.7 Å². The molecule has 2 fully saturated rings. The molecular weight excluding hydrogens is 631 g/mol. The summed E-state index contributed by atoms with van der Waals surface area (Å²) in [5.74, 6) is -0.994. The SMILES string of the molecule is COc1cc(C(=O)N2CCC(CCN3CCC(C(=O)O)(c4ccccc4)CC3)(c3ccc(Cl)c(Cl)c3)C2)cc(OC)c1OC(C)=O. The summed E-state index contributed by atoms with van der Waals surface area (Å²) in [5.41, 5.74) is 0.878. The third kappa shape index (κ3) is 6.68. The van der Waals surface area contributed by atoms with E-state index in [1.54, 1.807) is 18.2 Å². The van der Waals surface area contributed by atoms with Crippen LogP contribution in [0.1, 0.15) is 54.1 Å². The Bertz CT molecular complexity index is 1580. The second-order valence-corrected chi connectivity index (χ2v) is 12.8. The number of likely N-dealkylation sites (tertiary alicyclic amines) is 2. The van der Waals surface area contributed by atoms with Gasteiger partial charge in [0.15, 0.2) is 11.5 Å². The van der Waals surface area contributed by atoms with Crippen molar-refractivity contribution in [2.75, 3.05) is 46.9 Å². The zero-order chi connectivity index (χ0) is 33.1. The minimum Gasteiger partial charge on any atom is -0.493 e. The number of nitrogens with zero attached hydrogens (tertiary/aromatic N) is 2. The Morgan fingerprint density at radius 2 is 1.50 bits per heavy atom. The Morgan fingerprint density at radius 3 is 2.07 bits per heavy atom. The zero-order valence-corrected chi connectivity index (χ0v) is 27.7. The second kappa shape index (κ2) is 13.9. The lowest BCUT2D eigenvalue weighted by Gasteiger charge is -2.40. The number of amides is 1. The van der Waals surface area contributed by atoms with Crippen molar-refractivity contribution in [3.05, 3.63) is 87.4 Å². The van der Waals surface area contributed by atoms with E-state index in [0.29, 0.717) is 61.1 Å². The molecule has 5 rings (SSSR count). The van der Waals surface area contributed by atoms with Gasteiger partial charge in [-0.15, -0.1) is 0 Å². The molecule has 2 aliphatic heterocycles. The van der Waals surface area contributed by atoms with Crippen molar-refractivity contribution in [1.82, 2.24) is 9.80 Å². The first kappa shape index (κ1) is 33.6. The normalized spacial score (nSPS) is 19.5. The molecule has 1 atom stereocenters. The number of aliphatic carboxylic acids is 1. The molecule has 3 aromatic carbocycles. The standard InChI is InChI=1S/C35H38Cl2N2O7/c1-23(40)46-31-29(44-2)19-24(20-30(31)45-3)32(41)39-18-12-34(22-39,26-9-10-27(36)28(37)21-26)11-15-38-16-13-35(14-17-38,33(42)43)25-7-5-4-6-8-25/h4-10,19-21H,11-18,22H2,1-3H3,(H,42,43). The molecule has 3 aromatic rings. The summed E-state index contributed by atoms with van der Waals surface area (Å²) < 4.78 is 16.2. The highest BCUT2D eigenvalue weighted by molar-refractivity contribution is 6.42. The number of halogens is 2. The van der Waals surface area contributed by atoms with Crippen molar-refractivity contribution in [3.63, 3.8) is 0 Å². The summed E-state index contributed by atoms with van der Waals surface area (Å²) >= 11 is 12.8. The number of carbonyl (C=O) groups excluding carboxylic acids is 2.